The van der Waals surface area contributed by atoms with Crippen molar-refractivity contribution in [2.45, 2.75) is 30.5 Å². The standard InChI is InChI=1S/C10H15ClN2O4S3/c1-3-18-5-4-7(2)12-20(16,17)9-6-8(13(14)15)10(11)19-9/h6-7,12H,3-5H2,1-2H3. The Balaban J connectivity index is 2.78. The Morgan fingerprint density at radius 2 is 2.25 bits per heavy atom. The second-order valence-corrected chi connectivity index (χ2v) is 8.98. The van der Waals surface area contributed by atoms with E-state index >= 15 is 0 Å². The van der Waals surface area contributed by atoms with Gasteiger partial charge in [-0.15, -0.1) is 11.3 Å². The van der Waals surface area contributed by atoms with Crippen LogP contribution in [0.5, 0.6) is 0 Å². The van der Waals surface area contributed by atoms with Crippen LogP contribution in [0.15, 0.2) is 10.3 Å². The number of nitro groups is 1. The molecule has 6 nitrogen and oxygen atoms in total. The molecule has 1 atom stereocenters. The molecule has 0 saturated heterocycles. The van der Waals surface area contributed by atoms with Gasteiger partial charge in [0.15, 0.2) is 4.34 Å². The molecule has 0 saturated carbocycles. The molecule has 1 aromatic heterocycles. The molecule has 114 valence electrons. The van der Waals surface area contributed by atoms with Crippen molar-refractivity contribution in [2.75, 3.05) is 11.5 Å². The van der Waals surface area contributed by atoms with Crippen LogP contribution in [0.3, 0.4) is 0 Å². The van der Waals surface area contributed by atoms with Crippen LogP contribution in [-0.2, 0) is 10.0 Å². The number of nitrogens with one attached hydrogen (secondary N) is 1. The van der Waals surface area contributed by atoms with E-state index in [2.05, 4.69) is 4.72 Å². The van der Waals surface area contributed by atoms with Gasteiger partial charge in [-0.3, -0.25) is 10.1 Å². The molecule has 1 aromatic rings. The summed E-state index contributed by atoms with van der Waals surface area (Å²) in [6, 6.07) is 0.752. The first-order valence-electron chi connectivity index (χ1n) is 5.81. The van der Waals surface area contributed by atoms with Crippen LogP contribution in [0, 0.1) is 10.1 Å². The fraction of sp³-hybridized carbons (Fsp3) is 0.600. The highest BCUT2D eigenvalue weighted by atomic mass is 35.5. The van der Waals surface area contributed by atoms with Gasteiger partial charge < -0.3 is 0 Å². The summed E-state index contributed by atoms with van der Waals surface area (Å²) in [6.07, 6.45) is 0.693. The molecule has 0 bridgehead atoms. The maximum atomic E-state index is 12.1. The first-order valence-corrected chi connectivity index (χ1v) is 9.65. The zero-order chi connectivity index (χ0) is 15.3. The minimum atomic E-state index is -3.76. The number of halogens is 1. The second kappa shape index (κ2) is 7.60. The molecule has 0 fully saturated rings. The second-order valence-electron chi connectivity index (χ2n) is 3.99. The fourth-order valence-electron chi connectivity index (χ4n) is 1.38. The van der Waals surface area contributed by atoms with Gasteiger partial charge in [-0.1, -0.05) is 18.5 Å². The summed E-state index contributed by atoms with van der Waals surface area (Å²) >= 11 is 8.08. The van der Waals surface area contributed by atoms with Crippen LogP contribution in [0.25, 0.3) is 0 Å². The lowest BCUT2D eigenvalue weighted by atomic mass is 10.3. The maximum Gasteiger partial charge on any atom is 0.300 e. The Morgan fingerprint density at radius 3 is 2.75 bits per heavy atom. The molecule has 0 aliphatic carbocycles. The molecule has 1 rings (SSSR count). The third-order valence-electron chi connectivity index (χ3n) is 2.36. The SMILES string of the molecule is CCSCCC(C)NS(=O)(=O)c1cc([N+](=O)[O-])c(Cl)s1. The van der Waals surface area contributed by atoms with Crippen molar-refractivity contribution in [2.24, 2.45) is 0 Å². The van der Waals surface area contributed by atoms with E-state index in [-0.39, 0.29) is 20.3 Å². The van der Waals surface area contributed by atoms with E-state index in [0.717, 1.165) is 17.6 Å². The van der Waals surface area contributed by atoms with E-state index < -0.39 is 14.9 Å². The number of hydrogen-bond acceptors (Lipinski definition) is 6. The van der Waals surface area contributed by atoms with Crippen LogP contribution < -0.4 is 4.72 Å². The maximum absolute atomic E-state index is 12.1. The van der Waals surface area contributed by atoms with E-state index in [1.54, 1.807) is 18.7 Å². The van der Waals surface area contributed by atoms with E-state index in [1.165, 1.54) is 0 Å². The highest BCUT2D eigenvalue weighted by Gasteiger charge is 2.26. The number of thioether (sulfide) groups is 1. The molecule has 1 heterocycles. The summed E-state index contributed by atoms with van der Waals surface area (Å²) in [5.41, 5.74) is -0.383. The average Bonchev–Trinajstić information content (AvgIpc) is 2.72. The number of rotatable bonds is 8. The van der Waals surface area contributed by atoms with E-state index in [1.807, 2.05) is 6.92 Å². The van der Waals surface area contributed by atoms with Gasteiger partial charge in [0.1, 0.15) is 4.21 Å². The highest BCUT2D eigenvalue weighted by Crippen LogP contribution is 2.36. The monoisotopic (exact) mass is 358 g/mol. The summed E-state index contributed by atoms with van der Waals surface area (Å²) < 4.78 is 26.4. The largest absolute Gasteiger partial charge is 0.300 e. The highest BCUT2D eigenvalue weighted by molar-refractivity contribution is 7.99. The molecule has 0 aliphatic heterocycles. The zero-order valence-corrected chi connectivity index (χ0v) is 14.2. The Bertz CT molecular complexity index is 573. The number of hydrogen-bond donors (Lipinski definition) is 1. The van der Waals surface area contributed by atoms with Crippen LogP contribution in [0.1, 0.15) is 20.3 Å². The summed E-state index contributed by atoms with van der Waals surface area (Å²) in [5, 5.41) is 10.7. The summed E-state index contributed by atoms with van der Waals surface area (Å²) in [6.45, 7) is 3.80. The minimum absolute atomic E-state index is 0.135. The summed E-state index contributed by atoms with van der Waals surface area (Å²) in [7, 11) is -3.76. The molecule has 0 spiro atoms. The van der Waals surface area contributed by atoms with Crippen molar-refractivity contribution in [3.8, 4) is 0 Å². The third kappa shape index (κ3) is 4.88. The van der Waals surface area contributed by atoms with Crippen molar-refractivity contribution in [1.82, 2.24) is 4.72 Å². The van der Waals surface area contributed by atoms with Crippen LogP contribution in [0.2, 0.25) is 4.34 Å². The molecule has 10 heteroatoms. The molecular formula is C10H15ClN2O4S3. The van der Waals surface area contributed by atoms with Crippen molar-refractivity contribution >= 4 is 50.4 Å². The normalized spacial score (nSPS) is 13.3. The number of thiophene rings is 1. The van der Waals surface area contributed by atoms with Crippen molar-refractivity contribution in [3.63, 3.8) is 0 Å². The predicted octanol–water partition coefficient (Wildman–Crippen LogP) is 3.12. The molecule has 1 N–H and O–H groups in total. The third-order valence-corrected chi connectivity index (χ3v) is 6.70. The molecule has 20 heavy (non-hydrogen) atoms. The lowest BCUT2D eigenvalue weighted by Crippen LogP contribution is -2.32. The predicted molar refractivity (Wildman–Crippen MR) is 83.4 cm³/mol. The van der Waals surface area contributed by atoms with Gasteiger partial charge in [-0.05, 0) is 24.9 Å². The van der Waals surface area contributed by atoms with Crippen LogP contribution >= 0.6 is 34.7 Å². The average molecular weight is 359 g/mol. The van der Waals surface area contributed by atoms with Crippen molar-refractivity contribution in [3.05, 3.63) is 20.5 Å². The van der Waals surface area contributed by atoms with Gasteiger partial charge in [0.25, 0.3) is 15.7 Å². The van der Waals surface area contributed by atoms with Gasteiger partial charge in [-0.2, -0.15) is 11.8 Å². The Labute approximate surface area is 131 Å². The topological polar surface area (TPSA) is 89.3 Å². The quantitative estimate of drug-likeness (QED) is 0.438. The van der Waals surface area contributed by atoms with E-state index in [0.29, 0.717) is 17.8 Å². The molecular weight excluding hydrogens is 344 g/mol. The van der Waals surface area contributed by atoms with E-state index in [9.17, 15) is 18.5 Å². The molecule has 0 aliphatic rings. The van der Waals surface area contributed by atoms with Gasteiger partial charge in [0.2, 0.25) is 0 Å². The Morgan fingerprint density at radius 1 is 1.60 bits per heavy atom. The van der Waals surface area contributed by atoms with Crippen molar-refractivity contribution in [1.29, 1.82) is 0 Å². The number of sulfonamides is 1. The van der Waals surface area contributed by atoms with E-state index in [4.69, 9.17) is 11.6 Å². The summed E-state index contributed by atoms with van der Waals surface area (Å²) in [5.74, 6) is 1.83. The molecule has 0 radical (unpaired) electrons. The first-order chi connectivity index (χ1) is 9.27. The molecule has 1 unspecified atom stereocenters. The van der Waals surface area contributed by atoms with Crippen molar-refractivity contribution < 1.29 is 13.3 Å². The summed E-state index contributed by atoms with van der Waals surface area (Å²) in [4.78, 5) is 9.97. The molecule has 0 aromatic carbocycles. The Hall–Kier alpha value is -0.350. The molecule has 0 amide bonds. The first kappa shape index (κ1) is 17.7. The zero-order valence-electron chi connectivity index (χ0n) is 11.0. The minimum Gasteiger partial charge on any atom is -0.258 e. The van der Waals surface area contributed by atoms with Gasteiger partial charge >= 0.3 is 0 Å². The lowest BCUT2D eigenvalue weighted by molar-refractivity contribution is -0.384. The van der Waals surface area contributed by atoms with Crippen LogP contribution in [0.4, 0.5) is 5.69 Å². The number of nitrogens with zero attached hydrogens (tertiary/aromatic N) is 1. The fourth-order valence-corrected chi connectivity index (χ4v) is 5.15. The van der Waals surface area contributed by atoms with Gasteiger partial charge in [-0.25, -0.2) is 13.1 Å². The van der Waals surface area contributed by atoms with Gasteiger partial charge in [0, 0.05) is 12.1 Å². The van der Waals surface area contributed by atoms with Gasteiger partial charge in [0.05, 0.1) is 4.92 Å². The van der Waals surface area contributed by atoms with Crippen LogP contribution in [-0.4, -0.2) is 30.9 Å². The Kier molecular flexibility index (Phi) is 6.73. The lowest BCUT2D eigenvalue weighted by Gasteiger charge is -2.12. The smallest absolute Gasteiger partial charge is 0.258 e.